The molecule has 0 saturated carbocycles. The second-order valence-corrected chi connectivity index (χ2v) is 4.46. The van der Waals surface area contributed by atoms with Gasteiger partial charge in [-0.05, 0) is 38.8 Å². The number of rotatable bonds is 6. The molecule has 3 nitrogen and oxygen atoms in total. The Labute approximate surface area is 98.6 Å². The van der Waals surface area contributed by atoms with Crippen molar-refractivity contribution in [2.75, 3.05) is 26.7 Å². The predicted molar refractivity (Wildman–Crippen MR) is 65.9 cm³/mol. The molecule has 1 atom stereocenters. The van der Waals surface area contributed by atoms with Crippen molar-refractivity contribution in [2.24, 2.45) is 5.92 Å². The van der Waals surface area contributed by atoms with E-state index in [1.165, 1.54) is 0 Å². The number of amides is 1. The molecule has 1 N–H and O–H groups in total. The minimum absolute atomic E-state index is 0.302. The average molecular weight is 222 g/mol. The number of unbranched alkanes of at least 4 members (excludes halogenated alkanes) is 2. The molecular weight excluding hydrogens is 200 g/mol. The zero-order valence-corrected chi connectivity index (χ0v) is 10.2. The first kappa shape index (κ1) is 13.1. The molecule has 1 unspecified atom stereocenters. The Morgan fingerprint density at radius 1 is 1.56 bits per heavy atom. The number of nitrogens with one attached hydrogen (secondary N) is 1. The van der Waals surface area contributed by atoms with E-state index in [1.807, 2.05) is 11.9 Å². The van der Waals surface area contributed by atoms with Crippen molar-refractivity contribution in [3.63, 3.8) is 0 Å². The first-order chi connectivity index (χ1) is 7.77. The van der Waals surface area contributed by atoms with Crippen LogP contribution in [-0.2, 0) is 4.79 Å². The first-order valence-corrected chi connectivity index (χ1v) is 6.13. The molecule has 1 saturated heterocycles. The molecule has 90 valence electrons. The second-order valence-electron chi connectivity index (χ2n) is 4.46. The largest absolute Gasteiger partial charge is 0.342 e. The van der Waals surface area contributed by atoms with Crippen LogP contribution < -0.4 is 5.32 Å². The lowest BCUT2D eigenvalue weighted by atomic mass is 10.1. The first-order valence-electron chi connectivity index (χ1n) is 6.13. The Bertz CT molecular complexity index is 257. The zero-order chi connectivity index (χ0) is 11.8. The van der Waals surface area contributed by atoms with Crippen molar-refractivity contribution in [3.05, 3.63) is 0 Å². The summed E-state index contributed by atoms with van der Waals surface area (Å²) in [6.07, 6.45) is 9.65. The third kappa shape index (κ3) is 4.24. The van der Waals surface area contributed by atoms with Gasteiger partial charge in [-0.3, -0.25) is 4.79 Å². The smallest absolute Gasteiger partial charge is 0.222 e. The van der Waals surface area contributed by atoms with Crippen molar-refractivity contribution in [3.8, 4) is 12.3 Å². The molecular formula is C13H22N2O. The van der Waals surface area contributed by atoms with Gasteiger partial charge in [0, 0.05) is 25.9 Å². The topological polar surface area (TPSA) is 32.3 Å². The van der Waals surface area contributed by atoms with Crippen molar-refractivity contribution < 1.29 is 4.79 Å². The van der Waals surface area contributed by atoms with Crippen LogP contribution in [0.3, 0.4) is 0 Å². The van der Waals surface area contributed by atoms with Gasteiger partial charge in [-0.25, -0.2) is 0 Å². The van der Waals surface area contributed by atoms with Crippen LogP contribution in [0.15, 0.2) is 0 Å². The molecule has 16 heavy (non-hydrogen) atoms. The van der Waals surface area contributed by atoms with Gasteiger partial charge >= 0.3 is 0 Å². The van der Waals surface area contributed by atoms with Gasteiger partial charge in [0.1, 0.15) is 0 Å². The molecule has 0 spiro atoms. The number of carbonyl (C=O) groups excluding carboxylic acids is 1. The molecule has 0 aliphatic carbocycles. The molecule has 0 aromatic carbocycles. The third-order valence-electron chi connectivity index (χ3n) is 3.09. The Balaban J connectivity index is 2.16. The van der Waals surface area contributed by atoms with Crippen LogP contribution in [0.1, 0.15) is 32.1 Å². The summed E-state index contributed by atoms with van der Waals surface area (Å²) < 4.78 is 0. The Morgan fingerprint density at radius 2 is 2.38 bits per heavy atom. The minimum Gasteiger partial charge on any atom is -0.342 e. The highest BCUT2D eigenvalue weighted by molar-refractivity contribution is 5.76. The van der Waals surface area contributed by atoms with Gasteiger partial charge in [0.05, 0.1) is 0 Å². The highest BCUT2D eigenvalue weighted by atomic mass is 16.2. The van der Waals surface area contributed by atoms with E-state index in [0.717, 1.165) is 45.3 Å². The summed E-state index contributed by atoms with van der Waals surface area (Å²) in [5.74, 6) is 3.54. The average Bonchev–Trinajstić information content (AvgIpc) is 2.73. The maximum atomic E-state index is 11.8. The molecule has 1 aliphatic rings. The van der Waals surface area contributed by atoms with Crippen LogP contribution in [0, 0.1) is 18.3 Å². The van der Waals surface area contributed by atoms with Gasteiger partial charge in [0.2, 0.25) is 5.91 Å². The van der Waals surface area contributed by atoms with E-state index in [2.05, 4.69) is 11.2 Å². The Kier molecular flexibility index (Phi) is 5.95. The van der Waals surface area contributed by atoms with Crippen molar-refractivity contribution in [1.29, 1.82) is 0 Å². The monoisotopic (exact) mass is 222 g/mol. The van der Waals surface area contributed by atoms with E-state index in [0.29, 0.717) is 18.2 Å². The van der Waals surface area contributed by atoms with Crippen LogP contribution in [0.5, 0.6) is 0 Å². The van der Waals surface area contributed by atoms with E-state index < -0.39 is 0 Å². The van der Waals surface area contributed by atoms with E-state index in [9.17, 15) is 4.79 Å². The molecule has 0 aromatic heterocycles. The summed E-state index contributed by atoms with van der Waals surface area (Å²) in [7, 11) is 1.96. The molecule has 1 heterocycles. The molecule has 1 fully saturated rings. The maximum absolute atomic E-state index is 11.8. The molecule has 0 bridgehead atoms. The van der Waals surface area contributed by atoms with Crippen LogP contribution in [0.4, 0.5) is 0 Å². The highest BCUT2D eigenvalue weighted by Gasteiger charge is 2.24. The number of hydrogen-bond acceptors (Lipinski definition) is 2. The van der Waals surface area contributed by atoms with Gasteiger partial charge in [0.15, 0.2) is 0 Å². The van der Waals surface area contributed by atoms with Crippen molar-refractivity contribution in [2.45, 2.75) is 32.1 Å². The molecule has 1 amide bonds. The van der Waals surface area contributed by atoms with Crippen molar-refractivity contribution in [1.82, 2.24) is 10.2 Å². The number of likely N-dealkylation sites (tertiary alicyclic amines) is 1. The number of hydrogen-bond donors (Lipinski definition) is 1. The second kappa shape index (κ2) is 7.29. The molecule has 1 rings (SSSR count). The number of carbonyl (C=O) groups is 1. The molecule has 3 heteroatoms. The minimum atomic E-state index is 0.302. The van der Waals surface area contributed by atoms with Crippen LogP contribution >= 0.6 is 0 Å². The fraction of sp³-hybridized carbons (Fsp3) is 0.769. The number of terminal acetylenes is 1. The summed E-state index contributed by atoms with van der Waals surface area (Å²) in [5.41, 5.74) is 0. The fourth-order valence-electron chi connectivity index (χ4n) is 2.18. The third-order valence-corrected chi connectivity index (χ3v) is 3.09. The van der Waals surface area contributed by atoms with E-state index in [4.69, 9.17) is 6.42 Å². The zero-order valence-electron chi connectivity index (χ0n) is 10.2. The quantitative estimate of drug-likeness (QED) is 0.542. The van der Waals surface area contributed by atoms with Gasteiger partial charge in [-0.2, -0.15) is 0 Å². The van der Waals surface area contributed by atoms with Gasteiger partial charge in [-0.1, -0.05) is 0 Å². The van der Waals surface area contributed by atoms with Crippen LogP contribution in [-0.4, -0.2) is 37.5 Å². The fourth-order valence-corrected chi connectivity index (χ4v) is 2.18. The Hall–Kier alpha value is -1.01. The lowest BCUT2D eigenvalue weighted by molar-refractivity contribution is -0.130. The van der Waals surface area contributed by atoms with Crippen LogP contribution in [0.25, 0.3) is 0 Å². The van der Waals surface area contributed by atoms with E-state index >= 15 is 0 Å². The SMILES string of the molecule is C#CCCCCC(=O)N1CCC(CNC)C1. The maximum Gasteiger partial charge on any atom is 0.222 e. The summed E-state index contributed by atoms with van der Waals surface area (Å²) in [6.45, 7) is 2.87. The van der Waals surface area contributed by atoms with E-state index in [1.54, 1.807) is 0 Å². The van der Waals surface area contributed by atoms with E-state index in [-0.39, 0.29) is 0 Å². The summed E-state index contributed by atoms with van der Waals surface area (Å²) in [6, 6.07) is 0. The number of nitrogens with zero attached hydrogens (tertiary/aromatic N) is 1. The summed E-state index contributed by atoms with van der Waals surface area (Å²) >= 11 is 0. The standard InChI is InChI=1S/C13H22N2O/c1-3-4-5-6-7-13(16)15-9-8-12(11-15)10-14-2/h1,12,14H,4-11H2,2H3. The molecule has 0 aromatic rings. The van der Waals surface area contributed by atoms with Gasteiger partial charge in [-0.15, -0.1) is 12.3 Å². The molecule has 0 radical (unpaired) electrons. The summed E-state index contributed by atoms with van der Waals surface area (Å²) in [4.78, 5) is 13.8. The summed E-state index contributed by atoms with van der Waals surface area (Å²) in [5, 5.41) is 3.17. The predicted octanol–water partition coefficient (Wildman–Crippen LogP) is 1.25. The highest BCUT2D eigenvalue weighted by Crippen LogP contribution is 2.17. The van der Waals surface area contributed by atoms with Crippen molar-refractivity contribution >= 4 is 5.91 Å². The van der Waals surface area contributed by atoms with Gasteiger partial charge in [0.25, 0.3) is 0 Å². The van der Waals surface area contributed by atoms with Gasteiger partial charge < -0.3 is 10.2 Å². The normalized spacial score (nSPS) is 19.8. The van der Waals surface area contributed by atoms with Crippen LogP contribution in [0.2, 0.25) is 0 Å². The Morgan fingerprint density at radius 3 is 3.06 bits per heavy atom. The lowest BCUT2D eigenvalue weighted by Gasteiger charge is -2.16. The molecule has 1 aliphatic heterocycles. The lowest BCUT2D eigenvalue weighted by Crippen LogP contribution is -2.30.